The van der Waals surface area contributed by atoms with Crippen LogP contribution >= 0.6 is 0 Å². The maximum absolute atomic E-state index is 11.2. The average Bonchev–Trinajstić information content (AvgIpc) is 2.32. The molecule has 0 saturated heterocycles. The van der Waals surface area contributed by atoms with E-state index in [1.807, 2.05) is 0 Å². The predicted molar refractivity (Wildman–Crippen MR) is 67.4 cm³/mol. The first kappa shape index (κ1) is 13.7. The minimum absolute atomic E-state index is 0.187. The molecule has 1 amide bonds. The Morgan fingerprint density at radius 2 is 2.22 bits per heavy atom. The molecule has 0 atom stereocenters. The molecule has 1 heterocycles. The van der Waals surface area contributed by atoms with Gasteiger partial charge in [0.1, 0.15) is 11.5 Å². The fraction of sp³-hybridized carbons (Fsp3) is 0.250. The maximum atomic E-state index is 11.2. The summed E-state index contributed by atoms with van der Waals surface area (Å²) in [5, 5.41) is 11.3. The zero-order chi connectivity index (χ0) is 13.7. The van der Waals surface area contributed by atoms with E-state index in [0.29, 0.717) is 11.4 Å². The molecule has 0 saturated carbocycles. The standard InChI is InChI=1S/C12H15N3O3/c1-3-10(16)15-9(12(17)18)5-8-4-7(2)11(13)14-6-8/h4-6H,3H2,1-2H3,(H2,13,14)(H,15,16)(H,17,18). The summed E-state index contributed by atoms with van der Waals surface area (Å²) in [6.07, 6.45) is 3.00. The summed E-state index contributed by atoms with van der Waals surface area (Å²) in [6.45, 7) is 3.41. The number of hydrogen-bond donors (Lipinski definition) is 3. The minimum atomic E-state index is -1.20. The molecular formula is C12H15N3O3. The molecule has 1 aromatic heterocycles. The van der Waals surface area contributed by atoms with Gasteiger partial charge in [-0.25, -0.2) is 9.78 Å². The number of anilines is 1. The number of carbonyl (C=O) groups is 2. The van der Waals surface area contributed by atoms with Gasteiger partial charge in [-0.1, -0.05) is 6.92 Å². The number of aryl methyl sites for hydroxylation is 1. The van der Waals surface area contributed by atoms with E-state index in [1.165, 1.54) is 12.3 Å². The second kappa shape index (κ2) is 5.81. The van der Waals surface area contributed by atoms with Gasteiger partial charge in [-0.3, -0.25) is 4.79 Å². The zero-order valence-electron chi connectivity index (χ0n) is 10.2. The average molecular weight is 249 g/mol. The van der Waals surface area contributed by atoms with Crippen molar-refractivity contribution in [3.63, 3.8) is 0 Å². The number of hydrogen-bond acceptors (Lipinski definition) is 4. The van der Waals surface area contributed by atoms with Gasteiger partial charge in [-0.15, -0.1) is 0 Å². The lowest BCUT2D eigenvalue weighted by Gasteiger charge is -2.05. The van der Waals surface area contributed by atoms with Crippen molar-refractivity contribution in [2.45, 2.75) is 20.3 Å². The summed E-state index contributed by atoms with van der Waals surface area (Å²) in [7, 11) is 0. The van der Waals surface area contributed by atoms with Crippen molar-refractivity contribution in [1.29, 1.82) is 0 Å². The van der Waals surface area contributed by atoms with E-state index in [-0.39, 0.29) is 18.0 Å². The zero-order valence-corrected chi connectivity index (χ0v) is 10.2. The van der Waals surface area contributed by atoms with Crippen LogP contribution in [-0.4, -0.2) is 22.0 Å². The molecule has 6 heteroatoms. The van der Waals surface area contributed by atoms with Gasteiger partial charge in [0.05, 0.1) is 0 Å². The molecular weight excluding hydrogens is 234 g/mol. The smallest absolute Gasteiger partial charge is 0.352 e. The Hall–Kier alpha value is -2.37. The van der Waals surface area contributed by atoms with E-state index in [0.717, 1.165) is 5.56 Å². The molecule has 1 rings (SSSR count). The highest BCUT2D eigenvalue weighted by molar-refractivity contribution is 5.96. The highest BCUT2D eigenvalue weighted by Crippen LogP contribution is 2.11. The van der Waals surface area contributed by atoms with E-state index in [4.69, 9.17) is 10.8 Å². The molecule has 0 spiro atoms. The van der Waals surface area contributed by atoms with Gasteiger partial charge in [0.15, 0.2) is 0 Å². The van der Waals surface area contributed by atoms with Crippen molar-refractivity contribution in [2.24, 2.45) is 0 Å². The van der Waals surface area contributed by atoms with E-state index in [1.54, 1.807) is 19.9 Å². The quantitative estimate of drug-likeness (QED) is 0.688. The number of aliphatic carboxylic acids is 1. The van der Waals surface area contributed by atoms with Gasteiger partial charge in [0, 0.05) is 12.6 Å². The van der Waals surface area contributed by atoms with E-state index >= 15 is 0 Å². The van der Waals surface area contributed by atoms with Crippen LogP contribution in [0.5, 0.6) is 0 Å². The molecule has 0 radical (unpaired) electrons. The SMILES string of the molecule is CCC(=O)NC(=Cc1cnc(N)c(C)c1)C(=O)O. The van der Waals surface area contributed by atoms with Crippen LogP contribution in [-0.2, 0) is 9.59 Å². The number of nitrogens with one attached hydrogen (secondary N) is 1. The topological polar surface area (TPSA) is 105 Å². The molecule has 18 heavy (non-hydrogen) atoms. The summed E-state index contributed by atoms with van der Waals surface area (Å²) in [6, 6.07) is 1.70. The van der Waals surface area contributed by atoms with E-state index < -0.39 is 5.97 Å². The minimum Gasteiger partial charge on any atom is -0.477 e. The van der Waals surface area contributed by atoms with Gasteiger partial charge in [-0.05, 0) is 30.2 Å². The molecule has 1 aromatic rings. The number of pyridine rings is 1. The van der Waals surface area contributed by atoms with Crippen LogP contribution in [0.1, 0.15) is 24.5 Å². The normalized spacial score (nSPS) is 11.1. The Balaban J connectivity index is 3.04. The Morgan fingerprint density at radius 3 is 2.72 bits per heavy atom. The second-order valence-corrected chi connectivity index (χ2v) is 3.74. The Kier molecular flexibility index (Phi) is 4.42. The summed E-state index contributed by atoms with van der Waals surface area (Å²) in [4.78, 5) is 26.1. The highest BCUT2D eigenvalue weighted by Gasteiger charge is 2.10. The molecule has 96 valence electrons. The third kappa shape index (κ3) is 3.58. The van der Waals surface area contributed by atoms with Gasteiger partial charge in [0.2, 0.25) is 5.91 Å². The molecule has 0 aromatic carbocycles. The van der Waals surface area contributed by atoms with Crippen LogP contribution in [0.25, 0.3) is 6.08 Å². The first-order chi connectivity index (χ1) is 8.43. The molecule has 0 aliphatic heterocycles. The van der Waals surface area contributed by atoms with E-state index in [9.17, 15) is 9.59 Å². The summed E-state index contributed by atoms with van der Waals surface area (Å²) in [5.74, 6) is -1.17. The molecule has 0 aliphatic rings. The highest BCUT2D eigenvalue weighted by atomic mass is 16.4. The summed E-state index contributed by atoms with van der Waals surface area (Å²) in [5.41, 5.74) is 6.69. The largest absolute Gasteiger partial charge is 0.477 e. The van der Waals surface area contributed by atoms with Crippen molar-refractivity contribution in [1.82, 2.24) is 10.3 Å². The Bertz CT molecular complexity index is 509. The number of carboxylic acids is 1. The lowest BCUT2D eigenvalue weighted by atomic mass is 10.2. The van der Waals surface area contributed by atoms with Crippen molar-refractivity contribution < 1.29 is 14.7 Å². The van der Waals surface area contributed by atoms with Gasteiger partial charge in [0.25, 0.3) is 0 Å². The van der Waals surface area contributed by atoms with Crippen LogP contribution in [0.2, 0.25) is 0 Å². The number of nitrogen functional groups attached to an aromatic ring is 1. The third-order valence-corrected chi connectivity index (χ3v) is 2.28. The summed E-state index contributed by atoms with van der Waals surface area (Å²) >= 11 is 0. The summed E-state index contributed by atoms with van der Waals surface area (Å²) < 4.78 is 0. The van der Waals surface area contributed by atoms with Gasteiger partial charge in [-0.2, -0.15) is 0 Å². The lowest BCUT2D eigenvalue weighted by Crippen LogP contribution is -2.26. The number of carboxylic acid groups (broad SMARTS) is 1. The van der Waals surface area contributed by atoms with Crippen LogP contribution in [0, 0.1) is 6.92 Å². The Morgan fingerprint density at radius 1 is 1.56 bits per heavy atom. The maximum Gasteiger partial charge on any atom is 0.352 e. The fourth-order valence-electron chi connectivity index (χ4n) is 1.24. The molecule has 0 bridgehead atoms. The third-order valence-electron chi connectivity index (χ3n) is 2.28. The van der Waals surface area contributed by atoms with Crippen LogP contribution in [0.15, 0.2) is 18.0 Å². The molecule has 0 unspecified atom stereocenters. The number of carbonyl (C=O) groups excluding carboxylic acids is 1. The number of rotatable bonds is 4. The Labute approximate surface area is 105 Å². The van der Waals surface area contributed by atoms with Gasteiger partial charge >= 0.3 is 5.97 Å². The molecule has 0 aliphatic carbocycles. The lowest BCUT2D eigenvalue weighted by molar-refractivity contribution is -0.134. The molecule has 0 fully saturated rings. The van der Waals surface area contributed by atoms with Crippen LogP contribution in [0.3, 0.4) is 0 Å². The number of nitrogens with zero attached hydrogens (tertiary/aromatic N) is 1. The van der Waals surface area contributed by atoms with Crippen LogP contribution < -0.4 is 11.1 Å². The van der Waals surface area contributed by atoms with Crippen molar-refractivity contribution in [3.05, 3.63) is 29.1 Å². The fourth-order valence-corrected chi connectivity index (χ4v) is 1.24. The van der Waals surface area contributed by atoms with Crippen molar-refractivity contribution >= 4 is 23.8 Å². The second-order valence-electron chi connectivity index (χ2n) is 3.74. The number of nitrogens with two attached hydrogens (primary N) is 1. The monoisotopic (exact) mass is 249 g/mol. The van der Waals surface area contributed by atoms with Crippen LogP contribution in [0.4, 0.5) is 5.82 Å². The van der Waals surface area contributed by atoms with Gasteiger partial charge < -0.3 is 16.2 Å². The first-order valence-electron chi connectivity index (χ1n) is 5.41. The van der Waals surface area contributed by atoms with E-state index in [2.05, 4.69) is 10.3 Å². The molecule has 4 N–H and O–H groups in total. The van der Waals surface area contributed by atoms with Crippen molar-refractivity contribution in [2.75, 3.05) is 5.73 Å². The number of aromatic nitrogens is 1. The predicted octanol–water partition coefficient (Wildman–Crippen LogP) is 0.924. The molecule has 6 nitrogen and oxygen atoms in total. The van der Waals surface area contributed by atoms with Crippen molar-refractivity contribution in [3.8, 4) is 0 Å². The first-order valence-corrected chi connectivity index (χ1v) is 5.41. The number of amides is 1.